The second-order valence-corrected chi connectivity index (χ2v) is 1.71. The third-order valence-corrected chi connectivity index (χ3v) is 0.988. The van der Waals surface area contributed by atoms with Gasteiger partial charge in [-0.05, 0) is 19.5 Å². The van der Waals surface area contributed by atoms with E-state index in [2.05, 4.69) is 18.3 Å². The van der Waals surface area contributed by atoms with E-state index in [0.29, 0.717) is 6.04 Å². The summed E-state index contributed by atoms with van der Waals surface area (Å²) in [6.45, 7) is 2.17. The zero-order chi connectivity index (χ0) is 4.41. The highest BCUT2D eigenvalue weighted by Crippen LogP contribution is 1.96. The molecule has 1 atom stereocenters. The van der Waals surface area contributed by atoms with Gasteiger partial charge in [0.25, 0.3) is 0 Å². The van der Waals surface area contributed by atoms with Crippen molar-refractivity contribution in [2.45, 2.75) is 19.4 Å². The van der Waals surface area contributed by atoms with Gasteiger partial charge in [-0.25, -0.2) is 0 Å². The van der Waals surface area contributed by atoms with Gasteiger partial charge in [0, 0.05) is 7.47 Å². The van der Waals surface area contributed by atoms with Crippen molar-refractivity contribution in [3.63, 3.8) is 0 Å². The Balaban J connectivity index is 0.000000360. The highest BCUT2D eigenvalue weighted by molar-refractivity contribution is 4.92. The van der Waals surface area contributed by atoms with Crippen LogP contribution in [0.1, 0.15) is 14.8 Å². The first kappa shape index (κ1) is 3.72. The van der Waals surface area contributed by atoms with Gasteiger partial charge in [-0.3, -0.25) is 0 Å². The molecular weight excluding hydrogens is 74.1 g/mol. The Morgan fingerprint density at radius 3 is 3.00 bits per heavy atom. The topological polar surface area (TPSA) is 12.0 Å². The predicted octanol–water partition coefficient (Wildman–Crippen LogP) is 1.13. The van der Waals surface area contributed by atoms with E-state index in [-0.39, 0.29) is 1.43 Å². The van der Waals surface area contributed by atoms with Gasteiger partial charge in [-0.2, -0.15) is 0 Å². The van der Waals surface area contributed by atoms with E-state index in [0.717, 1.165) is 0 Å². The molecule has 1 unspecified atom stereocenters. The lowest BCUT2D eigenvalue weighted by Crippen LogP contribution is -2.12. The van der Waals surface area contributed by atoms with E-state index in [1.54, 1.807) is 0 Å². The molecule has 1 heteroatoms. The molecule has 0 saturated heterocycles. The molecule has 1 nitrogen and oxygen atoms in total. The third-order valence-electron chi connectivity index (χ3n) is 0.988. The van der Waals surface area contributed by atoms with E-state index in [4.69, 9.17) is 0 Å². The van der Waals surface area contributed by atoms with Crippen LogP contribution < -0.4 is 5.32 Å². The average Bonchev–Trinajstić information content (AvgIpc) is 1.86. The van der Waals surface area contributed by atoms with Crippen LogP contribution in [0.3, 0.4) is 0 Å². The Bertz CT molecular complexity index is 62.5. The summed E-state index contributed by atoms with van der Waals surface area (Å²) in [5, 5.41) is 3.14. The minimum Gasteiger partial charge on any atom is -0.388 e. The summed E-state index contributed by atoms with van der Waals surface area (Å²) >= 11 is 0. The van der Waals surface area contributed by atoms with E-state index < -0.39 is 0 Å². The van der Waals surface area contributed by atoms with Crippen LogP contribution in [0.5, 0.6) is 0 Å². The fourth-order valence-electron chi connectivity index (χ4n) is 0.573. The van der Waals surface area contributed by atoms with Crippen molar-refractivity contribution in [3.8, 4) is 0 Å². The zero-order valence-corrected chi connectivity index (χ0v) is 3.94. The Hall–Kier alpha value is -0.460. The molecule has 36 valence electrons. The van der Waals surface area contributed by atoms with E-state index >= 15 is 0 Å². The van der Waals surface area contributed by atoms with Gasteiger partial charge in [0.1, 0.15) is 0 Å². The lowest BCUT2D eigenvalue weighted by atomic mass is 10.3. The van der Waals surface area contributed by atoms with Gasteiger partial charge in [-0.1, -0.05) is 6.08 Å². The maximum atomic E-state index is 3.14. The van der Waals surface area contributed by atoms with Crippen LogP contribution in [-0.2, 0) is 0 Å². The van der Waals surface area contributed by atoms with Crippen molar-refractivity contribution < 1.29 is 1.43 Å². The third kappa shape index (κ3) is 0.534. The fourth-order valence-corrected chi connectivity index (χ4v) is 0.573. The SMILES string of the molecule is CC1CC=CN1.[HH]. The van der Waals surface area contributed by atoms with Gasteiger partial charge in [0.15, 0.2) is 0 Å². The number of hydrogen-bond acceptors (Lipinski definition) is 1. The molecule has 0 radical (unpaired) electrons. The molecule has 0 aromatic rings. The van der Waals surface area contributed by atoms with Crippen LogP contribution in [0.25, 0.3) is 0 Å². The molecule has 1 rings (SSSR count). The smallest absolute Gasteiger partial charge is 0.0262 e. The average molecular weight is 85.1 g/mol. The quantitative estimate of drug-likeness (QED) is 0.465. The van der Waals surface area contributed by atoms with Gasteiger partial charge >= 0.3 is 0 Å². The van der Waals surface area contributed by atoms with Crippen LogP contribution in [0.2, 0.25) is 0 Å². The van der Waals surface area contributed by atoms with E-state index in [1.165, 1.54) is 6.42 Å². The predicted molar refractivity (Wildman–Crippen MR) is 28.5 cm³/mol. The van der Waals surface area contributed by atoms with Gasteiger partial charge in [0.2, 0.25) is 0 Å². The molecule has 0 aliphatic carbocycles. The highest BCUT2D eigenvalue weighted by atomic mass is 14.9. The van der Waals surface area contributed by atoms with E-state index in [1.807, 2.05) is 6.20 Å². The zero-order valence-electron chi connectivity index (χ0n) is 3.94. The first-order valence-corrected chi connectivity index (χ1v) is 2.30. The van der Waals surface area contributed by atoms with Crippen molar-refractivity contribution in [2.75, 3.05) is 0 Å². The van der Waals surface area contributed by atoms with Crippen molar-refractivity contribution in [1.29, 1.82) is 0 Å². The summed E-state index contributed by atoms with van der Waals surface area (Å²) in [7, 11) is 0. The van der Waals surface area contributed by atoms with Crippen molar-refractivity contribution >= 4 is 0 Å². The molecule has 1 aliphatic heterocycles. The van der Waals surface area contributed by atoms with Crippen molar-refractivity contribution in [3.05, 3.63) is 12.3 Å². The Morgan fingerprint density at radius 1 is 2.00 bits per heavy atom. The van der Waals surface area contributed by atoms with Crippen LogP contribution in [0, 0.1) is 0 Å². The molecule has 6 heavy (non-hydrogen) atoms. The minimum atomic E-state index is 0. The summed E-state index contributed by atoms with van der Waals surface area (Å²) in [5.74, 6) is 0. The van der Waals surface area contributed by atoms with Crippen LogP contribution in [0.4, 0.5) is 0 Å². The van der Waals surface area contributed by atoms with Crippen LogP contribution in [0.15, 0.2) is 12.3 Å². The number of rotatable bonds is 0. The second kappa shape index (κ2) is 1.33. The van der Waals surface area contributed by atoms with Crippen LogP contribution in [-0.4, -0.2) is 6.04 Å². The van der Waals surface area contributed by atoms with Gasteiger partial charge < -0.3 is 5.32 Å². The molecule has 0 bridgehead atoms. The standard InChI is InChI=1S/C5H9N.H2/c1-5-3-2-4-6-5;/h2,4-6H,3H2,1H3;1H. The largest absolute Gasteiger partial charge is 0.388 e. The summed E-state index contributed by atoms with van der Waals surface area (Å²) in [4.78, 5) is 0. The molecule has 1 N–H and O–H groups in total. The molecule has 1 heterocycles. The summed E-state index contributed by atoms with van der Waals surface area (Å²) in [6, 6.07) is 0.685. The molecule has 0 aromatic heterocycles. The molecule has 0 spiro atoms. The molecule has 1 aliphatic rings. The summed E-state index contributed by atoms with van der Waals surface area (Å²) < 4.78 is 0. The maximum absolute atomic E-state index is 3.14. The minimum absolute atomic E-state index is 0. The van der Waals surface area contributed by atoms with Gasteiger partial charge in [0.05, 0.1) is 0 Å². The molecule has 0 saturated carbocycles. The lowest BCUT2D eigenvalue weighted by molar-refractivity contribution is 0.690. The molecule has 0 aromatic carbocycles. The number of nitrogens with one attached hydrogen (secondary N) is 1. The van der Waals surface area contributed by atoms with E-state index in [9.17, 15) is 0 Å². The molecule has 0 amide bonds. The van der Waals surface area contributed by atoms with Gasteiger partial charge in [-0.15, -0.1) is 0 Å². The Labute approximate surface area is 39.5 Å². The number of hydrogen-bond donors (Lipinski definition) is 1. The second-order valence-electron chi connectivity index (χ2n) is 1.71. The van der Waals surface area contributed by atoms with Crippen molar-refractivity contribution in [2.24, 2.45) is 0 Å². The Morgan fingerprint density at radius 2 is 2.83 bits per heavy atom. The summed E-state index contributed by atoms with van der Waals surface area (Å²) in [5.41, 5.74) is 0. The highest BCUT2D eigenvalue weighted by Gasteiger charge is 1.97. The normalized spacial score (nSPS) is 30.5. The lowest BCUT2D eigenvalue weighted by Gasteiger charge is -1.97. The fraction of sp³-hybridized carbons (Fsp3) is 0.600. The maximum Gasteiger partial charge on any atom is 0.0262 e. The van der Waals surface area contributed by atoms with Crippen molar-refractivity contribution in [1.82, 2.24) is 5.32 Å². The molecular formula is C5H11N. The van der Waals surface area contributed by atoms with Crippen LogP contribution >= 0.6 is 0 Å². The summed E-state index contributed by atoms with van der Waals surface area (Å²) in [6.07, 6.45) is 5.34. The monoisotopic (exact) mass is 85.1 g/mol. The molecule has 0 fully saturated rings. The Kier molecular flexibility index (Phi) is 0.825. The first-order chi connectivity index (χ1) is 2.89. The first-order valence-electron chi connectivity index (χ1n) is 2.30.